The lowest BCUT2D eigenvalue weighted by Gasteiger charge is -2.19. The molecule has 0 saturated carbocycles. The molecule has 96 valence electrons. The van der Waals surface area contributed by atoms with Crippen LogP contribution in [-0.4, -0.2) is 17.0 Å². The van der Waals surface area contributed by atoms with Gasteiger partial charge in [0.1, 0.15) is 0 Å². The lowest BCUT2D eigenvalue weighted by atomic mass is 10.3. The Labute approximate surface area is 119 Å². The maximum absolute atomic E-state index is 5.96. The average molecular weight is 303 g/mol. The first-order valence-corrected chi connectivity index (χ1v) is 6.79. The Kier molecular flexibility index (Phi) is 3.94. The highest BCUT2D eigenvalue weighted by Crippen LogP contribution is 2.27. The van der Waals surface area contributed by atoms with E-state index in [1.165, 1.54) is 11.3 Å². The van der Waals surface area contributed by atoms with Crippen molar-refractivity contribution in [2.75, 3.05) is 17.7 Å². The third-order valence-electron chi connectivity index (χ3n) is 2.47. The van der Waals surface area contributed by atoms with Crippen molar-refractivity contribution in [2.24, 2.45) is 0 Å². The van der Waals surface area contributed by atoms with Crippen molar-refractivity contribution in [1.82, 2.24) is 9.97 Å². The number of nitrogens with zero attached hydrogens (tertiary/aromatic N) is 3. The van der Waals surface area contributed by atoms with Gasteiger partial charge in [-0.1, -0.05) is 11.6 Å². The highest BCUT2D eigenvalue weighted by atomic mass is 35.5. The van der Waals surface area contributed by atoms with Crippen molar-refractivity contribution in [2.45, 2.75) is 13.5 Å². The molecule has 2 rings (SSSR count). The normalized spacial score (nSPS) is 10.7. The van der Waals surface area contributed by atoms with Gasteiger partial charge in [-0.15, -0.1) is 11.3 Å². The van der Waals surface area contributed by atoms with Gasteiger partial charge in [-0.3, -0.25) is 0 Å². The van der Waals surface area contributed by atoms with Crippen LogP contribution in [0.4, 0.5) is 11.5 Å². The first-order valence-electron chi connectivity index (χ1n) is 5.22. The Morgan fingerprint density at radius 1 is 1.33 bits per heavy atom. The first kappa shape index (κ1) is 13.4. The van der Waals surface area contributed by atoms with E-state index >= 15 is 0 Å². The molecule has 0 aliphatic carbocycles. The van der Waals surface area contributed by atoms with E-state index in [1.807, 2.05) is 31.0 Å². The summed E-state index contributed by atoms with van der Waals surface area (Å²) in [6, 6.07) is 3.85. The van der Waals surface area contributed by atoms with Crippen molar-refractivity contribution < 1.29 is 0 Å². The van der Waals surface area contributed by atoms with E-state index in [2.05, 4.69) is 9.97 Å². The molecule has 2 aromatic rings. The minimum Gasteiger partial charge on any atom is -0.394 e. The maximum Gasteiger partial charge on any atom is 0.224 e. The zero-order chi connectivity index (χ0) is 13.3. The van der Waals surface area contributed by atoms with Crippen LogP contribution in [0.15, 0.2) is 12.1 Å². The molecule has 7 heteroatoms. The number of nitrogens with two attached hydrogens (primary N) is 1. The maximum atomic E-state index is 5.96. The molecule has 0 aliphatic rings. The van der Waals surface area contributed by atoms with E-state index < -0.39 is 0 Å². The van der Waals surface area contributed by atoms with Crippen molar-refractivity contribution in [3.05, 3.63) is 32.3 Å². The van der Waals surface area contributed by atoms with Crippen LogP contribution in [0, 0.1) is 6.92 Å². The lowest BCUT2D eigenvalue weighted by Crippen LogP contribution is -2.19. The number of rotatable bonds is 3. The summed E-state index contributed by atoms with van der Waals surface area (Å²) in [6.45, 7) is 2.48. The van der Waals surface area contributed by atoms with Gasteiger partial charge < -0.3 is 10.6 Å². The number of anilines is 2. The van der Waals surface area contributed by atoms with Crippen LogP contribution >= 0.6 is 34.5 Å². The molecule has 18 heavy (non-hydrogen) atoms. The third kappa shape index (κ3) is 2.85. The number of aryl methyl sites for hydroxylation is 1. The fourth-order valence-electron chi connectivity index (χ4n) is 1.57. The van der Waals surface area contributed by atoms with Crippen LogP contribution in [0.2, 0.25) is 9.62 Å². The standard InChI is InChI=1S/C11H12Cl2N4S/c1-6-9(14)10(16-11(13)15-6)17(2)5-7-3-4-8(12)18-7/h3-4H,5,14H2,1-2H3. The zero-order valence-corrected chi connectivity index (χ0v) is 12.3. The summed E-state index contributed by atoms with van der Waals surface area (Å²) >= 11 is 13.3. The second-order valence-corrected chi connectivity index (χ2v) is 6.01. The Balaban J connectivity index is 2.26. The largest absolute Gasteiger partial charge is 0.394 e. The predicted octanol–water partition coefficient (Wildman–Crippen LogP) is 3.37. The summed E-state index contributed by atoms with van der Waals surface area (Å²) in [5.74, 6) is 0.636. The molecule has 0 radical (unpaired) electrons. The molecule has 2 N–H and O–H groups in total. The van der Waals surface area contributed by atoms with E-state index in [9.17, 15) is 0 Å². The Morgan fingerprint density at radius 3 is 2.67 bits per heavy atom. The lowest BCUT2D eigenvalue weighted by molar-refractivity contribution is 0.902. The summed E-state index contributed by atoms with van der Waals surface area (Å²) in [5.41, 5.74) is 7.19. The number of aromatic nitrogens is 2. The fraction of sp³-hybridized carbons (Fsp3) is 0.273. The third-order valence-corrected chi connectivity index (χ3v) is 3.86. The van der Waals surface area contributed by atoms with Crippen molar-refractivity contribution in [3.8, 4) is 0 Å². The molecule has 0 amide bonds. The molecular formula is C11H12Cl2N4S. The summed E-state index contributed by atoms with van der Waals surface area (Å²) in [7, 11) is 1.90. The van der Waals surface area contributed by atoms with Gasteiger partial charge in [0.2, 0.25) is 5.28 Å². The smallest absolute Gasteiger partial charge is 0.224 e. The number of halogens is 2. The molecular weight excluding hydrogens is 291 g/mol. The first-order chi connectivity index (χ1) is 8.47. The van der Waals surface area contributed by atoms with E-state index in [1.54, 1.807) is 0 Å². The molecule has 0 unspecified atom stereocenters. The second kappa shape index (κ2) is 5.30. The molecule has 0 fully saturated rings. The van der Waals surface area contributed by atoms with E-state index in [0.29, 0.717) is 23.7 Å². The molecule has 2 heterocycles. The molecule has 0 saturated heterocycles. The molecule has 0 aromatic carbocycles. The van der Waals surface area contributed by atoms with Gasteiger partial charge >= 0.3 is 0 Å². The Morgan fingerprint density at radius 2 is 2.06 bits per heavy atom. The van der Waals surface area contributed by atoms with E-state index in [0.717, 1.165) is 9.21 Å². The van der Waals surface area contributed by atoms with Gasteiger partial charge in [-0.05, 0) is 30.7 Å². The van der Waals surface area contributed by atoms with Gasteiger partial charge in [0, 0.05) is 11.9 Å². The van der Waals surface area contributed by atoms with Crippen LogP contribution in [0.25, 0.3) is 0 Å². The fourth-order valence-corrected chi connectivity index (χ4v) is 2.92. The minimum absolute atomic E-state index is 0.202. The molecule has 0 spiro atoms. The minimum atomic E-state index is 0.202. The van der Waals surface area contributed by atoms with Gasteiger partial charge in [0.15, 0.2) is 5.82 Å². The van der Waals surface area contributed by atoms with Crippen LogP contribution in [0.1, 0.15) is 10.6 Å². The molecule has 0 atom stereocenters. The summed E-state index contributed by atoms with van der Waals surface area (Å²) < 4.78 is 0.767. The van der Waals surface area contributed by atoms with Crippen LogP contribution < -0.4 is 10.6 Å². The second-order valence-electron chi connectivity index (χ2n) is 3.88. The molecule has 0 bridgehead atoms. The molecule has 0 aliphatic heterocycles. The van der Waals surface area contributed by atoms with E-state index in [-0.39, 0.29) is 5.28 Å². The van der Waals surface area contributed by atoms with Crippen molar-refractivity contribution in [1.29, 1.82) is 0 Å². The summed E-state index contributed by atoms with van der Waals surface area (Å²) in [5, 5.41) is 0.202. The summed E-state index contributed by atoms with van der Waals surface area (Å²) in [6.07, 6.45) is 0. The molecule has 2 aromatic heterocycles. The van der Waals surface area contributed by atoms with E-state index in [4.69, 9.17) is 28.9 Å². The highest BCUT2D eigenvalue weighted by molar-refractivity contribution is 7.16. The molecule has 4 nitrogen and oxygen atoms in total. The Hall–Kier alpha value is -1.04. The van der Waals surface area contributed by atoms with Crippen LogP contribution in [0.5, 0.6) is 0 Å². The van der Waals surface area contributed by atoms with Gasteiger partial charge in [0.05, 0.1) is 22.3 Å². The summed E-state index contributed by atoms with van der Waals surface area (Å²) in [4.78, 5) is 11.2. The quantitative estimate of drug-likeness (QED) is 0.883. The predicted molar refractivity (Wildman–Crippen MR) is 77.6 cm³/mol. The number of hydrogen-bond acceptors (Lipinski definition) is 5. The highest BCUT2D eigenvalue weighted by Gasteiger charge is 2.13. The number of nitrogen functional groups attached to an aromatic ring is 1. The van der Waals surface area contributed by atoms with Crippen molar-refractivity contribution in [3.63, 3.8) is 0 Å². The zero-order valence-electron chi connectivity index (χ0n) is 9.94. The Bertz CT molecular complexity index is 570. The number of thiophene rings is 1. The SMILES string of the molecule is Cc1nc(Cl)nc(N(C)Cc2ccc(Cl)s2)c1N. The van der Waals surface area contributed by atoms with Gasteiger partial charge in [0.25, 0.3) is 0 Å². The monoisotopic (exact) mass is 302 g/mol. The van der Waals surface area contributed by atoms with Crippen LogP contribution in [-0.2, 0) is 6.54 Å². The van der Waals surface area contributed by atoms with Gasteiger partial charge in [-0.25, -0.2) is 4.98 Å². The topological polar surface area (TPSA) is 55.0 Å². The number of hydrogen-bond donors (Lipinski definition) is 1. The van der Waals surface area contributed by atoms with Crippen LogP contribution in [0.3, 0.4) is 0 Å². The van der Waals surface area contributed by atoms with Gasteiger partial charge in [-0.2, -0.15) is 4.98 Å². The average Bonchev–Trinajstić information content (AvgIpc) is 2.69. The van der Waals surface area contributed by atoms with Crippen molar-refractivity contribution >= 4 is 46.0 Å².